The van der Waals surface area contributed by atoms with Crippen molar-refractivity contribution in [3.8, 4) is 27.9 Å². The summed E-state index contributed by atoms with van der Waals surface area (Å²) in [5, 5.41) is 6.22. The van der Waals surface area contributed by atoms with Crippen LogP contribution in [0.3, 0.4) is 0 Å². The lowest BCUT2D eigenvalue weighted by atomic mass is 10.2. The third kappa shape index (κ3) is 4.30. The molecule has 4 aromatic rings. The van der Waals surface area contributed by atoms with Crippen LogP contribution in [0.5, 0.6) is 5.75 Å². The summed E-state index contributed by atoms with van der Waals surface area (Å²) in [6.45, 7) is 2.49. The Morgan fingerprint density at radius 3 is 2.48 bits per heavy atom. The Morgan fingerprint density at radius 1 is 1.10 bits per heavy atom. The molecule has 2 aromatic heterocycles. The maximum absolute atomic E-state index is 13.2. The lowest BCUT2D eigenvalue weighted by Crippen LogP contribution is -2.26. The van der Waals surface area contributed by atoms with Crippen LogP contribution in [-0.4, -0.2) is 32.2 Å². The van der Waals surface area contributed by atoms with Gasteiger partial charge in [0.05, 0.1) is 12.3 Å². The summed E-state index contributed by atoms with van der Waals surface area (Å²) in [4.78, 5) is 4.88. The van der Waals surface area contributed by atoms with Crippen molar-refractivity contribution in [2.75, 3.05) is 18.0 Å². The number of ether oxygens (including phenoxy) is 1. The van der Waals surface area contributed by atoms with E-state index in [1.165, 1.54) is 28.8 Å². The Morgan fingerprint density at radius 2 is 1.81 bits per heavy atom. The Labute approximate surface area is 188 Å². The highest BCUT2D eigenvalue weighted by Gasteiger charge is 2.28. The molecule has 4 rings (SSSR count). The van der Waals surface area contributed by atoms with Gasteiger partial charge in [-0.15, -0.1) is 11.3 Å². The molecule has 10 heteroatoms. The lowest BCUT2D eigenvalue weighted by Gasteiger charge is -2.19. The maximum Gasteiger partial charge on any atom is 0.269 e. The lowest BCUT2D eigenvalue weighted by molar-refractivity contribution is 0.340. The van der Waals surface area contributed by atoms with Gasteiger partial charge in [-0.2, -0.15) is 4.98 Å². The first-order valence-corrected chi connectivity index (χ1v) is 12.0. The second-order valence-corrected chi connectivity index (χ2v) is 9.73. The first-order chi connectivity index (χ1) is 14.9. The van der Waals surface area contributed by atoms with Gasteiger partial charge in [0, 0.05) is 17.6 Å². The Bertz CT molecular complexity index is 1280. The van der Waals surface area contributed by atoms with Gasteiger partial charge in [0.15, 0.2) is 0 Å². The molecule has 2 heterocycles. The molecule has 0 aliphatic rings. The van der Waals surface area contributed by atoms with Crippen LogP contribution in [0.4, 0.5) is 5.69 Å². The Kier molecular flexibility index (Phi) is 5.99. The molecule has 0 bridgehead atoms. The zero-order chi connectivity index (χ0) is 22.0. The molecule has 0 radical (unpaired) electrons. The number of anilines is 1. The van der Waals surface area contributed by atoms with Gasteiger partial charge in [0.25, 0.3) is 15.9 Å². The smallest absolute Gasteiger partial charge is 0.269 e. The van der Waals surface area contributed by atoms with Gasteiger partial charge in [-0.25, -0.2) is 8.42 Å². The highest BCUT2D eigenvalue weighted by Crippen LogP contribution is 2.35. The van der Waals surface area contributed by atoms with Crippen molar-refractivity contribution in [1.82, 2.24) is 10.1 Å². The number of sulfonamides is 1. The first-order valence-electron chi connectivity index (χ1n) is 9.29. The van der Waals surface area contributed by atoms with Crippen LogP contribution >= 0.6 is 22.9 Å². The van der Waals surface area contributed by atoms with E-state index < -0.39 is 10.0 Å². The van der Waals surface area contributed by atoms with Gasteiger partial charge >= 0.3 is 0 Å². The van der Waals surface area contributed by atoms with Crippen molar-refractivity contribution in [3.63, 3.8) is 0 Å². The first kappa shape index (κ1) is 21.4. The van der Waals surface area contributed by atoms with Gasteiger partial charge < -0.3 is 9.26 Å². The minimum absolute atomic E-state index is 0.0943. The maximum atomic E-state index is 13.2. The molecule has 160 valence electrons. The van der Waals surface area contributed by atoms with Crippen molar-refractivity contribution in [2.24, 2.45) is 0 Å². The van der Waals surface area contributed by atoms with E-state index >= 15 is 0 Å². The fraction of sp³-hybridized carbons (Fsp3) is 0.143. The standard InChI is InChI=1S/C21H18ClN3O4S2/c1-3-28-17-10-4-14(5-11-17)20-23-21(29-24-20)19-18(12-13-30-19)31(26,27)25(2)16-8-6-15(22)7-9-16/h4-13H,3H2,1-2H3. The molecule has 7 nitrogen and oxygen atoms in total. The molecule has 0 amide bonds. The molecular formula is C21H18ClN3O4S2. The minimum Gasteiger partial charge on any atom is -0.494 e. The molecule has 0 N–H and O–H groups in total. The summed E-state index contributed by atoms with van der Waals surface area (Å²) >= 11 is 7.13. The molecule has 0 unspecified atom stereocenters. The fourth-order valence-electron chi connectivity index (χ4n) is 2.89. The third-order valence-corrected chi connectivity index (χ3v) is 7.61. The molecule has 31 heavy (non-hydrogen) atoms. The fourth-order valence-corrected chi connectivity index (χ4v) is 5.53. The number of rotatable bonds is 7. The summed E-state index contributed by atoms with van der Waals surface area (Å²) in [6.07, 6.45) is 0. The number of thiophene rings is 1. The zero-order valence-electron chi connectivity index (χ0n) is 16.6. The Balaban J connectivity index is 1.65. The predicted octanol–water partition coefficient (Wildman–Crippen LogP) is 5.34. The summed E-state index contributed by atoms with van der Waals surface area (Å²) in [6, 6.07) is 15.4. The van der Waals surface area contributed by atoms with E-state index in [-0.39, 0.29) is 10.8 Å². The average molecular weight is 476 g/mol. The van der Waals surface area contributed by atoms with E-state index in [9.17, 15) is 8.42 Å². The molecule has 2 aromatic carbocycles. The molecule has 0 fully saturated rings. The minimum atomic E-state index is -3.85. The van der Waals surface area contributed by atoms with Crippen LogP contribution in [0.1, 0.15) is 6.92 Å². The van der Waals surface area contributed by atoms with E-state index in [0.29, 0.717) is 28.0 Å². The number of halogens is 1. The summed E-state index contributed by atoms with van der Waals surface area (Å²) < 4.78 is 38.5. The van der Waals surface area contributed by atoms with E-state index in [1.807, 2.05) is 31.2 Å². The highest BCUT2D eigenvalue weighted by atomic mass is 35.5. The number of hydrogen-bond acceptors (Lipinski definition) is 7. The Hall–Kier alpha value is -2.88. The molecular weight excluding hydrogens is 458 g/mol. The summed E-state index contributed by atoms with van der Waals surface area (Å²) in [7, 11) is -2.37. The number of nitrogens with zero attached hydrogens (tertiary/aromatic N) is 3. The van der Waals surface area contributed by atoms with Gasteiger partial charge in [0.2, 0.25) is 5.82 Å². The predicted molar refractivity (Wildman–Crippen MR) is 121 cm³/mol. The molecule has 0 aliphatic heterocycles. The van der Waals surface area contributed by atoms with Crippen molar-refractivity contribution < 1.29 is 17.7 Å². The van der Waals surface area contributed by atoms with Gasteiger partial charge in [-0.05, 0) is 66.9 Å². The van der Waals surface area contributed by atoms with Crippen molar-refractivity contribution in [3.05, 3.63) is 65.0 Å². The second-order valence-electron chi connectivity index (χ2n) is 6.44. The van der Waals surface area contributed by atoms with Crippen LogP contribution in [0.25, 0.3) is 22.2 Å². The second kappa shape index (κ2) is 8.70. The quantitative estimate of drug-likeness (QED) is 0.358. The SMILES string of the molecule is CCOc1ccc(-c2noc(-c3sccc3S(=O)(=O)N(C)c3ccc(Cl)cc3)n2)cc1. The topological polar surface area (TPSA) is 85.5 Å². The van der Waals surface area contributed by atoms with E-state index in [1.54, 1.807) is 29.6 Å². The van der Waals surface area contributed by atoms with Crippen LogP contribution in [0.15, 0.2) is 69.4 Å². The van der Waals surface area contributed by atoms with E-state index in [4.69, 9.17) is 20.9 Å². The van der Waals surface area contributed by atoms with Crippen LogP contribution in [-0.2, 0) is 10.0 Å². The van der Waals surface area contributed by atoms with E-state index in [0.717, 1.165) is 11.3 Å². The van der Waals surface area contributed by atoms with Crippen LogP contribution in [0.2, 0.25) is 5.02 Å². The number of aromatic nitrogens is 2. The normalized spacial score (nSPS) is 11.5. The van der Waals surface area contributed by atoms with E-state index in [2.05, 4.69) is 10.1 Å². The number of benzene rings is 2. The summed E-state index contributed by atoms with van der Waals surface area (Å²) in [5.41, 5.74) is 1.22. The monoisotopic (exact) mass is 475 g/mol. The van der Waals surface area contributed by atoms with Crippen molar-refractivity contribution >= 4 is 38.6 Å². The largest absolute Gasteiger partial charge is 0.494 e. The van der Waals surface area contributed by atoms with Gasteiger partial charge in [-0.3, -0.25) is 4.31 Å². The van der Waals surface area contributed by atoms with Crippen molar-refractivity contribution in [2.45, 2.75) is 11.8 Å². The molecule has 0 saturated carbocycles. The van der Waals surface area contributed by atoms with Crippen molar-refractivity contribution in [1.29, 1.82) is 0 Å². The average Bonchev–Trinajstić information content (AvgIpc) is 3.44. The molecule has 0 saturated heterocycles. The van der Waals surface area contributed by atoms with Crippen LogP contribution < -0.4 is 9.04 Å². The zero-order valence-corrected chi connectivity index (χ0v) is 19.0. The van der Waals surface area contributed by atoms with Gasteiger partial charge in [-0.1, -0.05) is 16.8 Å². The molecule has 0 spiro atoms. The van der Waals surface area contributed by atoms with Crippen LogP contribution in [0, 0.1) is 0 Å². The third-order valence-electron chi connectivity index (χ3n) is 4.50. The van der Waals surface area contributed by atoms with Gasteiger partial charge in [0.1, 0.15) is 15.5 Å². The number of hydrogen-bond donors (Lipinski definition) is 0. The molecule has 0 aliphatic carbocycles. The summed E-state index contributed by atoms with van der Waals surface area (Å²) in [5.74, 6) is 1.25. The molecule has 0 atom stereocenters. The highest BCUT2D eigenvalue weighted by molar-refractivity contribution is 7.93.